The summed E-state index contributed by atoms with van der Waals surface area (Å²) in [6.07, 6.45) is 5.36. The molecule has 1 aliphatic carbocycles. The summed E-state index contributed by atoms with van der Waals surface area (Å²) >= 11 is 0. The molecule has 1 aliphatic rings. The largest absolute Gasteiger partial charge is 0.452 e. The van der Waals surface area contributed by atoms with Crippen LogP contribution in [0.25, 0.3) is 22.2 Å². The molecule has 1 amide bonds. The number of esters is 1. The van der Waals surface area contributed by atoms with Crippen molar-refractivity contribution in [3.8, 4) is 17.0 Å². The zero-order valence-electron chi connectivity index (χ0n) is 19.6. The van der Waals surface area contributed by atoms with Gasteiger partial charge in [0.15, 0.2) is 6.61 Å². The van der Waals surface area contributed by atoms with Gasteiger partial charge in [0, 0.05) is 23.5 Å². The van der Waals surface area contributed by atoms with Gasteiger partial charge in [-0.2, -0.15) is 8.78 Å². The van der Waals surface area contributed by atoms with Gasteiger partial charge in [0.05, 0.1) is 16.8 Å². The molecular weight excluding hydrogens is 454 g/mol. The first-order chi connectivity index (χ1) is 17.0. The number of para-hydroxylation sites is 1. The molecule has 0 aliphatic heterocycles. The summed E-state index contributed by atoms with van der Waals surface area (Å²) in [6.45, 7) is -0.719. The van der Waals surface area contributed by atoms with Crippen LogP contribution in [-0.4, -0.2) is 47.6 Å². The highest BCUT2D eigenvalue weighted by molar-refractivity contribution is 6.05. The average molecular weight is 483 g/mol. The monoisotopic (exact) mass is 482 g/mol. The lowest BCUT2D eigenvalue weighted by atomic mass is 9.94. The second-order valence-electron chi connectivity index (χ2n) is 8.52. The summed E-state index contributed by atoms with van der Waals surface area (Å²) in [7, 11) is 0. The quantitative estimate of drug-likeness (QED) is 0.377. The molecule has 0 saturated heterocycles. The molecule has 1 aromatic heterocycles. The van der Waals surface area contributed by atoms with Gasteiger partial charge >= 0.3 is 12.6 Å². The molecule has 3 aromatic rings. The molecule has 2 aromatic carbocycles. The van der Waals surface area contributed by atoms with Crippen LogP contribution in [0.1, 0.15) is 49.4 Å². The number of rotatable bonds is 8. The van der Waals surface area contributed by atoms with Crippen LogP contribution < -0.4 is 4.74 Å². The van der Waals surface area contributed by atoms with Crippen LogP contribution in [0.5, 0.6) is 5.75 Å². The molecule has 0 unspecified atom stereocenters. The number of nitrogens with zero attached hydrogens (tertiary/aromatic N) is 2. The zero-order valence-corrected chi connectivity index (χ0v) is 19.6. The van der Waals surface area contributed by atoms with E-state index in [1.54, 1.807) is 42.5 Å². The fourth-order valence-corrected chi connectivity index (χ4v) is 4.62. The Bertz CT molecular complexity index is 1180. The van der Waals surface area contributed by atoms with Gasteiger partial charge in [0.25, 0.3) is 5.91 Å². The molecule has 0 radical (unpaired) electrons. The fourth-order valence-electron chi connectivity index (χ4n) is 4.62. The topological polar surface area (TPSA) is 68.7 Å². The van der Waals surface area contributed by atoms with E-state index in [1.807, 2.05) is 11.8 Å². The van der Waals surface area contributed by atoms with Crippen molar-refractivity contribution in [1.29, 1.82) is 0 Å². The van der Waals surface area contributed by atoms with Crippen molar-refractivity contribution in [2.24, 2.45) is 0 Å². The number of benzene rings is 2. The number of aromatic nitrogens is 1. The molecule has 0 bridgehead atoms. The van der Waals surface area contributed by atoms with E-state index in [-0.39, 0.29) is 29.9 Å². The lowest BCUT2D eigenvalue weighted by Crippen LogP contribution is -2.43. The molecule has 0 N–H and O–H groups in total. The maximum Gasteiger partial charge on any atom is 0.387 e. The number of halogens is 2. The Hall–Kier alpha value is -3.55. The predicted octanol–water partition coefficient (Wildman–Crippen LogP) is 5.84. The SMILES string of the molecule is CCN(C(=O)COC(=O)c1cc(-c2ccc(OC(F)F)cc2)nc2ccccc12)C1CCCCC1. The number of hydrogen-bond acceptors (Lipinski definition) is 5. The van der Waals surface area contributed by atoms with E-state index in [2.05, 4.69) is 9.72 Å². The van der Waals surface area contributed by atoms with Crippen LogP contribution in [0.15, 0.2) is 54.6 Å². The smallest absolute Gasteiger partial charge is 0.387 e. The van der Waals surface area contributed by atoms with Crippen molar-refractivity contribution in [1.82, 2.24) is 9.88 Å². The first-order valence-corrected chi connectivity index (χ1v) is 11.9. The summed E-state index contributed by atoms with van der Waals surface area (Å²) in [6, 6.07) is 15.0. The van der Waals surface area contributed by atoms with E-state index in [1.165, 1.54) is 18.6 Å². The Morgan fingerprint density at radius 3 is 2.46 bits per heavy atom. The van der Waals surface area contributed by atoms with Crippen LogP contribution in [0.4, 0.5) is 8.78 Å². The first-order valence-electron chi connectivity index (χ1n) is 11.9. The molecule has 184 valence electrons. The first kappa shape index (κ1) is 24.6. The van der Waals surface area contributed by atoms with Crippen molar-refractivity contribution in [2.75, 3.05) is 13.2 Å². The van der Waals surface area contributed by atoms with Crippen molar-refractivity contribution >= 4 is 22.8 Å². The summed E-state index contributed by atoms with van der Waals surface area (Å²) in [4.78, 5) is 32.3. The maximum absolute atomic E-state index is 13.1. The van der Waals surface area contributed by atoms with Crippen LogP contribution >= 0.6 is 0 Å². The Labute approximate surface area is 202 Å². The minimum Gasteiger partial charge on any atom is -0.452 e. The maximum atomic E-state index is 13.1. The number of likely N-dealkylation sites (N-methyl/N-ethyl adjacent to an activating group) is 1. The van der Waals surface area contributed by atoms with E-state index in [0.29, 0.717) is 28.7 Å². The number of carbonyl (C=O) groups is 2. The Morgan fingerprint density at radius 2 is 1.77 bits per heavy atom. The second-order valence-corrected chi connectivity index (χ2v) is 8.52. The molecule has 1 saturated carbocycles. The normalized spacial score (nSPS) is 14.2. The van der Waals surface area contributed by atoms with Crippen molar-refractivity contribution in [3.05, 3.63) is 60.2 Å². The van der Waals surface area contributed by atoms with Gasteiger partial charge in [-0.25, -0.2) is 9.78 Å². The van der Waals surface area contributed by atoms with Crippen molar-refractivity contribution < 1.29 is 27.8 Å². The van der Waals surface area contributed by atoms with Crippen LogP contribution in [0.3, 0.4) is 0 Å². The third kappa shape index (κ3) is 5.93. The predicted molar refractivity (Wildman–Crippen MR) is 128 cm³/mol. The van der Waals surface area contributed by atoms with Gasteiger partial charge in [-0.05, 0) is 56.2 Å². The molecule has 4 rings (SSSR count). The Morgan fingerprint density at radius 1 is 1.06 bits per heavy atom. The van der Waals surface area contributed by atoms with Crippen molar-refractivity contribution in [2.45, 2.75) is 51.7 Å². The summed E-state index contributed by atoms with van der Waals surface area (Å²) < 4.78 is 34.8. The summed E-state index contributed by atoms with van der Waals surface area (Å²) in [5.74, 6) is -0.780. The van der Waals surface area contributed by atoms with E-state index in [9.17, 15) is 18.4 Å². The number of alkyl halides is 2. The van der Waals surface area contributed by atoms with Gasteiger partial charge in [0.1, 0.15) is 5.75 Å². The van der Waals surface area contributed by atoms with E-state index in [4.69, 9.17) is 4.74 Å². The van der Waals surface area contributed by atoms with Crippen LogP contribution in [0, 0.1) is 0 Å². The van der Waals surface area contributed by atoms with Gasteiger partial charge in [-0.3, -0.25) is 4.79 Å². The Kier molecular flexibility index (Phi) is 7.90. The van der Waals surface area contributed by atoms with E-state index in [0.717, 1.165) is 25.7 Å². The number of fused-ring (bicyclic) bond motifs is 1. The highest BCUT2D eigenvalue weighted by Crippen LogP contribution is 2.28. The summed E-state index contributed by atoms with van der Waals surface area (Å²) in [5.41, 5.74) is 1.96. The minimum atomic E-state index is -2.91. The van der Waals surface area contributed by atoms with Gasteiger partial charge < -0.3 is 14.4 Å². The van der Waals surface area contributed by atoms with Crippen LogP contribution in [-0.2, 0) is 9.53 Å². The third-order valence-electron chi connectivity index (χ3n) is 6.31. The molecule has 8 heteroatoms. The molecule has 35 heavy (non-hydrogen) atoms. The van der Waals surface area contributed by atoms with Crippen LogP contribution in [0.2, 0.25) is 0 Å². The lowest BCUT2D eigenvalue weighted by molar-refractivity contribution is -0.137. The molecule has 6 nitrogen and oxygen atoms in total. The second kappa shape index (κ2) is 11.3. The van der Waals surface area contributed by atoms with E-state index >= 15 is 0 Å². The van der Waals surface area contributed by atoms with Gasteiger partial charge in [-0.1, -0.05) is 37.5 Å². The fraction of sp³-hybridized carbons (Fsp3) is 0.370. The molecule has 1 heterocycles. The molecule has 0 atom stereocenters. The lowest BCUT2D eigenvalue weighted by Gasteiger charge is -2.33. The highest BCUT2D eigenvalue weighted by Gasteiger charge is 2.25. The average Bonchev–Trinajstić information content (AvgIpc) is 2.88. The number of amides is 1. The zero-order chi connectivity index (χ0) is 24.8. The highest BCUT2D eigenvalue weighted by atomic mass is 19.3. The molecular formula is C27H28F2N2O4. The standard InChI is InChI=1S/C27H28F2N2O4/c1-2-31(19-8-4-3-5-9-19)25(32)17-34-26(33)22-16-24(30-23-11-7-6-10-21(22)23)18-12-14-20(15-13-18)35-27(28)29/h6-7,10-16,19,27H,2-5,8-9,17H2,1H3. The minimum absolute atomic E-state index is 0.0288. The number of carbonyl (C=O) groups excluding carboxylic acids is 2. The Balaban J connectivity index is 1.54. The summed E-state index contributed by atoms with van der Waals surface area (Å²) in [5, 5.41) is 0.603. The number of ether oxygens (including phenoxy) is 2. The van der Waals surface area contributed by atoms with Gasteiger partial charge in [0.2, 0.25) is 0 Å². The number of pyridine rings is 1. The molecule has 0 spiro atoms. The molecule has 1 fully saturated rings. The van der Waals surface area contributed by atoms with Gasteiger partial charge in [-0.15, -0.1) is 0 Å². The third-order valence-corrected chi connectivity index (χ3v) is 6.31. The van der Waals surface area contributed by atoms with Crippen molar-refractivity contribution in [3.63, 3.8) is 0 Å². The number of hydrogen-bond donors (Lipinski definition) is 0. The van der Waals surface area contributed by atoms with E-state index < -0.39 is 12.6 Å².